The number of likely N-dealkylation sites (N-methyl/N-ethyl adjacent to an activating group) is 1. The van der Waals surface area contributed by atoms with Crippen LogP contribution in [-0.2, 0) is 32.1 Å². The van der Waals surface area contributed by atoms with Crippen molar-refractivity contribution in [3.05, 3.63) is 65.2 Å². The summed E-state index contributed by atoms with van der Waals surface area (Å²) in [5.74, 6) is -1.59. The maximum atomic E-state index is 13.6. The van der Waals surface area contributed by atoms with Crippen molar-refractivity contribution in [2.75, 3.05) is 18.6 Å². The van der Waals surface area contributed by atoms with E-state index in [2.05, 4.69) is 6.92 Å². The summed E-state index contributed by atoms with van der Waals surface area (Å²) >= 11 is 0. The Morgan fingerprint density at radius 2 is 1.74 bits per heavy atom. The standard InChI is InChI=1S/C27H29N3O5/c1-3-18-8-10-19(11-9-18)16-28(2)24(32)17-35-26(34)27-15-14-23(31)30(27)22-7-5-4-6-21(22)25(33)29(27)20-12-13-20/h4-11,20H,3,12-17H2,1-2H3. The number of anilines is 1. The lowest BCUT2D eigenvalue weighted by Gasteiger charge is -2.48. The second-order valence-corrected chi connectivity index (χ2v) is 9.47. The maximum absolute atomic E-state index is 13.6. The molecule has 1 saturated heterocycles. The number of ether oxygens (including phenoxy) is 1. The first-order valence-corrected chi connectivity index (χ1v) is 12.1. The fraction of sp³-hybridized carbons (Fsp3) is 0.407. The lowest BCUT2D eigenvalue weighted by molar-refractivity contribution is -0.162. The Bertz CT molecular complexity index is 1190. The zero-order valence-corrected chi connectivity index (χ0v) is 20.0. The van der Waals surface area contributed by atoms with Gasteiger partial charge in [0.15, 0.2) is 6.61 Å². The van der Waals surface area contributed by atoms with Gasteiger partial charge in [0, 0.05) is 32.5 Å². The molecule has 8 nitrogen and oxygen atoms in total. The van der Waals surface area contributed by atoms with E-state index >= 15 is 0 Å². The van der Waals surface area contributed by atoms with E-state index < -0.39 is 18.2 Å². The van der Waals surface area contributed by atoms with Crippen molar-refractivity contribution in [3.8, 4) is 0 Å². The Morgan fingerprint density at radius 1 is 1.06 bits per heavy atom. The Labute approximate surface area is 204 Å². The zero-order chi connectivity index (χ0) is 24.7. The summed E-state index contributed by atoms with van der Waals surface area (Å²) in [7, 11) is 1.66. The molecule has 0 spiro atoms. The predicted octanol–water partition coefficient (Wildman–Crippen LogP) is 2.89. The zero-order valence-electron chi connectivity index (χ0n) is 20.0. The van der Waals surface area contributed by atoms with E-state index in [0.29, 0.717) is 17.8 Å². The Kier molecular flexibility index (Phi) is 5.83. The number of benzene rings is 2. The van der Waals surface area contributed by atoms with E-state index in [0.717, 1.165) is 24.8 Å². The molecule has 1 atom stereocenters. The fourth-order valence-corrected chi connectivity index (χ4v) is 5.11. The van der Waals surface area contributed by atoms with Crippen molar-refractivity contribution in [2.24, 2.45) is 0 Å². The normalized spacial score (nSPS) is 21.0. The molecule has 2 heterocycles. The van der Waals surface area contributed by atoms with Crippen LogP contribution in [0.15, 0.2) is 48.5 Å². The van der Waals surface area contributed by atoms with E-state index in [1.807, 2.05) is 24.3 Å². The van der Waals surface area contributed by atoms with E-state index in [4.69, 9.17) is 4.74 Å². The first kappa shape index (κ1) is 23.1. The second kappa shape index (κ2) is 8.83. The van der Waals surface area contributed by atoms with Gasteiger partial charge >= 0.3 is 5.97 Å². The molecule has 2 aromatic rings. The molecule has 1 unspecified atom stereocenters. The molecule has 0 N–H and O–H groups in total. The van der Waals surface area contributed by atoms with Crippen molar-refractivity contribution in [2.45, 2.75) is 57.3 Å². The van der Waals surface area contributed by atoms with Crippen molar-refractivity contribution in [3.63, 3.8) is 0 Å². The summed E-state index contributed by atoms with van der Waals surface area (Å²) in [5.41, 5.74) is 1.48. The van der Waals surface area contributed by atoms with Crippen LogP contribution in [0, 0.1) is 0 Å². The largest absolute Gasteiger partial charge is 0.452 e. The summed E-state index contributed by atoms with van der Waals surface area (Å²) in [4.78, 5) is 57.3. The third kappa shape index (κ3) is 3.87. The molecule has 0 aromatic heterocycles. The number of fused-ring (bicyclic) bond motifs is 3. The van der Waals surface area contributed by atoms with Gasteiger partial charge in [-0.05, 0) is 42.5 Å². The quantitative estimate of drug-likeness (QED) is 0.575. The van der Waals surface area contributed by atoms with Crippen molar-refractivity contribution in [1.82, 2.24) is 9.80 Å². The molecule has 2 aliphatic heterocycles. The molecule has 5 rings (SSSR count). The van der Waals surface area contributed by atoms with Crippen LogP contribution in [0.5, 0.6) is 0 Å². The molecule has 35 heavy (non-hydrogen) atoms. The summed E-state index contributed by atoms with van der Waals surface area (Å²) in [5, 5.41) is 0. The summed E-state index contributed by atoms with van der Waals surface area (Å²) in [6.07, 6.45) is 2.75. The molecule has 2 aromatic carbocycles. The number of hydrogen-bond acceptors (Lipinski definition) is 5. The van der Waals surface area contributed by atoms with Crippen molar-refractivity contribution >= 4 is 29.4 Å². The van der Waals surface area contributed by atoms with Crippen molar-refractivity contribution < 1.29 is 23.9 Å². The van der Waals surface area contributed by atoms with Gasteiger partial charge in [0.1, 0.15) is 0 Å². The van der Waals surface area contributed by atoms with Gasteiger partial charge in [-0.3, -0.25) is 19.3 Å². The smallest absolute Gasteiger partial charge is 0.354 e. The number of amides is 3. The van der Waals surface area contributed by atoms with E-state index in [9.17, 15) is 19.2 Å². The first-order chi connectivity index (χ1) is 16.9. The summed E-state index contributed by atoms with van der Waals surface area (Å²) < 4.78 is 5.55. The van der Waals surface area contributed by atoms with Crippen LogP contribution in [0.3, 0.4) is 0 Å². The van der Waals surface area contributed by atoms with Gasteiger partial charge in [-0.1, -0.05) is 43.3 Å². The van der Waals surface area contributed by atoms with Gasteiger partial charge in [0.2, 0.25) is 11.6 Å². The van der Waals surface area contributed by atoms with E-state index in [1.54, 1.807) is 31.3 Å². The van der Waals surface area contributed by atoms with Gasteiger partial charge < -0.3 is 14.5 Å². The van der Waals surface area contributed by atoms with Crippen LogP contribution in [-0.4, -0.2) is 58.8 Å². The molecule has 0 bridgehead atoms. The monoisotopic (exact) mass is 475 g/mol. The fourth-order valence-electron chi connectivity index (χ4n) is 5.11. The SMILES string of the molecule is CCc1ccc(CN(C)C(=O)COC(=O)C23CCC(=O)N2c2ccccc2C(=O)N3C2CC2)cc1. The number of para-hydroxylation sites is 1. The van der Waals surface area contributed by atoms with Crippen LogP contribution in [0.4, 0.5) is 5.69 Å². The van der Waals surface area contributed by atoms with Gasteiger partial charge in [0.05, 0.1) is 11.3 Å². The average Bonchev–Trinajstić information content (AvgIpc) is 3.64. The van der Waals surface area contributed by atoms with E-state index in [1.165, 1.54) is 20.3 Å². The topological polar surface area (TPSA) is 87.2 Å². The molecule has 2 fully saturated rings. The average molecular weight is 476 g/mol. The molecule has 1 aliphatic carbocycles. The van der Waals surface area contributed by atoms with Crippen LogP contribution >= 0.6 is 0 Å². The minimum Gasteiger partial charge on any atom is -0.452 e. The predicted molar refractivity (Wildman–Crippen MR) is 128 cm³/mol. The minimum absolute atomic E-state index is 0.124. The first-order valence-electron chi connectivity index (χ1n) is 12.1. The minimum atomic E-state index is -1.54. The number of carbonyl (C=O) groups excluding carboxylic acids is 4. The molecular weight excluding hydrogens is 446 g/mol. The molecule has 182 valence electrons. The highest BCUT2D eigenvalue weighted by molar-refractivity contribution is 6.15. The van der Waals surface area contributed by atoms with Gasteiger partial charge in [-0.25, -0.2) is 4.79 Å². The molecule has 8 heteroatoms. The Balaban J connectivity index is 1.35. The van der Waals surface area contributed by atoms with Gasteiger partial charge in [0.25, 0.3) is 11.8 Å². The number of nitrogens with zero attached hydrogens (tertiary/aromatic N) is 3. The third-order valence-corrected chi connectivity index (χ3v) is 7.14. The highest BCUT2D eigenvalue weighted by Crippen LogP contribution is 2.49. The Hall–Kier alpha value is -3.68. The van der Waals surface area contributed by atoms with E-state index in [-0.39, 0.29) is 36.6 Å². The highest BCUT2D eigenvalue weighted by Gasteiger charge is 2.64. The maximum Gasteiger partial charge on any atom is 0.354 e. The number of rotatable bonds is 7. The van der Waals surface area contributed by atoms with Crippen LogP contribution in [0.2, 0.25) is 0 Å². The van der Waals surface area contributed by atoms with Crippen LogP contribution < -0.4 is 4.90 Å². The third-order valence-electron chi connectivity index (χ3n) is 7.14. The highest BCUT2D eigenvalue weighted by atomic mass is 16.5. The molecule has 1 saturated carbocycles. The van der Waals surface area contributed by atoms with Crippen LogP contribution in [0.1, 0.15) is 54.1 Å². The molecule has 0 radical (unpaired) electrons. The summed E-state index contributed by atoms with van der Waals surface area (Å²) in [6.45, 7) is 2.01. The molecule has 3 aliphatic rings. The number of hydrogen-bond donors (Lipinski definition) is 0. The summed E-state index contributed by atoms with van der Waals surface area (Å²) in [6, 6.07) is 14.8. The second-order valence-electron chi connectivity index (χ2n) is 9.47. The molecule has 3 amide bonds. The number of esters is 1. The van der Waals surface area contributed by atoms with Crippen LogP contribution in [0.25, 0.3) is 0 Å². The number of carbonyl (C=O) groups is 4. The van der Waals surface area contributed by atoms with Gasteiger partial charge in [-0.15, -0.1) is 0 Å². The number of aryl methyl sites for hydroxylation is 1. The van der Waals surface area contributed by atoms with Crippen molar-refractivity contribution in [1.29, 1.82) is 0 Å². The van der Waals surface area contributed by atoms with Gasteiger partial charge in [-0.2, -0.15) is 0 Å². The lowest BCUT2D eigenvalue weighted by Crippen LogP contribution is -2.69. The molecular formula is C27H29N3O5. The Morgan fingerprint density at radius 3 is 2.43 bits per heavy atom. The lowest BCUT2D eigenvalue weighted by atomic mass is 9.96.